The Labute approximate surface area is 185 Å². The van der Waals surface area contributed by atoms with E-state index in [9.17, 15) is 14.0 Å². The fourth-order valence-corrected chi connectivity index (χ4v) is 3.90. The molecule has 0 unspecified atom stereocenters. The van der Waals surface area contributed by atoms with E-state index in [-0.39, 0.29) is 23.7 Å². The van der Waals surface area contributed by atoms with Crippen molar-refractivity contribution in [2.24, 2.45) is 0 Å². The lowest BCUT2D eigenvalue weighted by Gasteiger charge is -2.23. The number of aromatic nitrogens is 2. The number of nitrogens with one attached hydrogen (secondary N) is 2. The van der Waals surface area contributed by atoms with Crippen molar-refractivity contribution in [2.75, 3.05) is 18.5 Å². The number of anilines is 1. The first kappa shape index (κ1) is 21.5. The van der Waals surface area contributed by atoms with Gasteiger partial charge in [-0.2, -0.15) is 5.10 Å². The molecule has 4 rings (SSSR count). The number of carbonyl (C=O) groups excluding carboxylic acids is 2. The minimum absolute atomic E-state index is 0.0548. The van der Waals surface area contributed by atoms with Gasteiger partial charge in [-0.1, -0.05) is 6.07 Å². The highest BCUT2D eigenvalue weighted by atomic mass is 19.1. The molecule has 166 valence electrons. The van der Waals surface area contributed by atoms with Gasteiger partial charge in [0.15, 0.2) is 0 Å². The van der Waals surface area contributed by atoms with Crippen LogP contribution in [-0.2, 0) is 11.2 Å². The molecular formula is C24H25FN4O3. The van der Waals surface area contributed by atoms with E-state index in [0.29, 0.717) is 36.6 Å². The van der Waals surface area contributed by atoms with Gasteiger partial charge in [0.25, 0.3) is 5.91 Å². The quantitative estimate of drug-likeness (QED) is 0.584. The Balaban J connectivity index is 1.37. The number of nitrogens with zero attached hydrogens (tertiary/aromatic N) is 2. The molecule has 1 aliphatic rings. The predicted molar refractivity (Wildman–Crippen MR) is 118 cm³/mol. The van der Waals surface area contributed by atoms with Gasteiger partial charge in [0, 0.05) is 42.9 Å². The number of ether oxygens (including phenoxy) is 1. The largest absolute Gasteiger partial charge is 0.493 e. The molecule has 2 heterocycles. The lowest BCUT2D eigenvalue weighted by molar-refractivity contribution is -0.114. The summed E-state index contributed by atoms with van der Waals surface area (Å²) in [6.07, 6.45) is 2.35. The van der Waals surface area contributed by atoms with Crippen LogP contribution in [0.3, 0.4) is 0 Å². The number of rotatable bonds is 7. The lowest BCUT2D eigenvalue weighted by atomic mass is 10.1. The third kappa shape index (κ3) is 5.14. The van der Waals surface area contributed by atoms with Crippen molar-refractivity contribution in [1.29, 1.82) is 0 Å². The van der Waals surface area contributed by atoms with Crippen LogP contribution in [0, 0.1) is 5.82 Å². The van der Waals surface area contributed by atoms with Crippen LogP contribution in [0.1, 0.15) is 47.6 Å². The van der Waals surface area contributed by atoms with Crippen molar-refractivity contribution >= 4 is 17.5 Å². The van der Waals surface area contributed by atoms with Gasteiger partial charge in [0.2, 0.25) is 5.91 Å². The van der Waals surface area contributed by atoms with Crippen LogP contribution in [0.2, 0.25) is 0 Å². The van der Waals surface area contributed by atoms with Crippen molar-refractivity contribution < 1.29 is 18.7 Å². The highest BCUT2D eigenvalue weighted by Crippen LogP contribution is 2.32. The summed E-state index contributed by atoms with van der Waals surface area (Å²) >= 11 is 0. The molecule has 2 aromatic carbocycles. The summed E-state index contributed by atoms with van der Waals surface area (Å²) in [6, 6.07) is 14.8. The molecule has 0 saturated carbocycles. The monoisotopic (exact) mass is 436 g/mol. The molecule has 2 amide bonds. The molecule has 1 aromatic heterocycles. The zero-order chi connectivity index (χ0) is 22.5. The molecule has 1 saturated heterocycles. The maximum atomic E-state index is 13.2. The molecule has 0 spiro atoms. The average molecular weight is 436 g/mol. The van der Waals surface area contributed by atoms with Gasteiger partial charge in [-0.15, -0.1) is 0 Å². The summed E-state index contributed by atoms with van der Waals surface area (Å²) in [6.45, 7) is 2.50. The summed E-state index contributed by atoms with van der Waals surface area (Å²) in [5.41, 5.74) is 2.96. The molecule has 7 nitrogen and oxygen atoms in total. The first-order valence-corrected chi connectivity index (χ1v) is 10.6. The molecule has 2 N–H and O–H groups in total. The summed E-state index contributed by atoms with van der Waals surface area (Å²) < 4.78 is 18.8. The van der Waals surface area contributed by atoms with Gasteiger partial charge in [-0.05, 0) is 55.3 Å². The summed E-state index contributed by atoms with van der Waals surface area (Å²) in [4.78, 5) is 26.1. The number of hydrogen-bond donors (Lipinski definition) is 2. The van der Waals surface area contributed by atoms with Gasteiger partial charge in [-0.3, -0.25) is 14.7 Å². The van der Waals surface area contributed by atoms with Crippen LogP contribution in [-0.4, -0.2) is 40.1 Å². The van der Waals surface area contributed by atoms with Gasteiger partial charge in [0.05, 0.1) is 18.3 Å². The smallest absolute Gasteiger partial charge is 0.254 e. The van der Waals surface area contributed by atoms with Crippen molar-refractivity contribution in [2.45, 2.75) is 32.2 Å². The van der Waals surface area contributed by atoms with Gasteiger partial charge < -0.3 is 15.0 Å². The van der Waals surface area contributed by atoms with Crippen molar-refractivity contribution in [3.8, 4) is 5.75 Å². The molecule has 0 bridgehead atoms. The molecule has 0 radical (unpaired) electrons. The SMILES string of the molecule is CC(=O)Nc1ccc(C(=O)N2CCC[C@@H]2c2cc(CCOc3cccc(F)c3)[nH]n2)cc1. The minimum atomic E-state index is -0.331. The minimum Gasteiger partial charge on any atom is -0.493 e. The number of halogens is 1. The van der Waals surface area contributed by atoms with Crippen LogP contribution in [0.4, 0.5) is 10.1 Å². The first-order chi connectivity index (χ1) is 15.5. The van der Waals surface area contributed by atoms with E-state index in [4.69, 9.17) is 4.74 Å². The fraction of sp³-hybridized carbons (Fsp3) is 0.292. The van der Waals surface area contributed by atoms with E-state index in [2.05, 4.69) is 15.5 Å². The molecule has 0 aliphatic carbocycles. The van der Waals surface area contributed by atoms with Gasteiger partial charge in [0.1, 0.15) is 11.6 Å². The van der Waals surface area contributed by atoms with Crippen molar-refractivity contribution in [3.63, 3.8) is 0 Å². The fourth-order valence-electron chi connectivity index (χ4n) is 3.90. The van der Waals surface area contributed by atoms with E-state index >= 15 is 0 Å². The number of carbonyl (C=O) groups is 2. The Morgan fingerprint density at radius 3 is 2.78 bits per heavy atom. The van der Waals surface area contributed by atoms with Crippen LogP contribution in [0.5, 0.6) is 5.75 Å². The molecule has 1 atom stereocenters. The molecule has 1 fully saturated rings. The van der Waals surface area contributed by atoms with Crippen molar-refractivity contribution in [3.05, 3.63) is 77.4 Å². The second-order valence-corrected chi connectivity index (χ2v) is 7.79. The van der Waals surface area contributed by atoms with E-state index in [0.717, 1.165) is 24.2 Å². The highest BCUT2D eigenvalue weighted by molar-refractivity contribution is 5.95. The summed E-state index contributed by atoms with van der Waals surface area (Å²) in [7, 11) is 0. The second kappa shape index (κ2) is 9.64. The molecule has 8 heteroatoms. The molecule has 32 heavy (non-hydrogen) atoms. The van der Waals surface area contributed by atoms with Crippen LogP contribution < -0.4 is 10.1 Å². The standard InChI is InChI=1S/C24H25FN4O3/c1-16(30)26-19-9-7-17(8-10-19)24(31)29-12-3-6-23(29)22-15-20(27-28-22)11-13-32-21-5-2-4-18(25)14-21/h2,4-5,7-10,14-15,23H,3,6,11-13H2,1H3,(H,26,30)(H,27,28)/t23-/m1/s1. The number of likely N-dealkylation sites (tertiary alicyclic amines) is 1. The highest BCUT2D eigenvalue weighted by Gasteiger charge is 2.32. The normalized spacial score (nSPS) is 15.6. The van der Waals surface area contributed by atoms with E-state index in [1.165, 1.54) is 19.1 Å². The Kier molecular flexibility index (Phi) is 6.49. The zero-order valence-corrected chi connectivity index (χ0v) is 17.8. The second-order valence-electron chi connectivity index (χ2n) is 7.79. The number of H-pyrrole nitrogens is 1. The van der Waals surface area contributed by atoms with Crippen LogP contribution in [0.25, 0.3) is 0 Å². The molecule has 3 aromatic rings. The van der Waals surface area contributed by atoms with Crippen LogP contribution >= 0.6 is 0 Å². The number of benzene rings is 2. The molecule has 1 aliphatic heterocycles. The summed E-state index contributed by atoms with van der Waals surface area (Å²) in [5, 5.41) is 10.2. The third-order valence-corrected chi connectivity index (χ3v) is 5.39. The topological polar surface area (TPSA) is 87.3 Å². The van der Waals surface area contributed by atoms with E-state index in [1.54, 1.807) is 36.4 Å². The molecular weight excluding hydrogens is 411 g/mol. The number of hydrogen-bond acceptors (Lipinski definition) is 4. The Morgan fingerprint density at radius 1 is 1.22 bits per heavy atom. The summed E-state index contributed by atoms with van der Waals surface area (Å²) in [5.74, 6) is -0.0517. The van der Waals surface area contributed by atoms with E-state index < -0.39 is 0 Å². The van der Waals surface area contributed by atoms with Gasteiger partial charge >= 0.3 is 0 Å². The maximum Gasteiger partial charge on any atom is 0.254 e. The third-order valence-electron chi connectivity index (χ3n) is 5.39. The Bertz CT molecular complexity index is 1100. The average Bonchev–Trinajstić information content (AvgIpc) is 3.43. The number of amides is 2. The van der Waals surface area contributed by atoms with Crippen molar-refractivity contribution in [1.82, 2.24) is 15.1 Å². The zero-order valence-electron chi connectivity index (χ0n) is 17.8. The van der Waals surface area contributed by atoms with E-state index in [1.807, 2.05) is 11.0 Å². The Hall–Kier alpha value is -3.68. The van der Waals surface area contributed by atoms with Gasteiger partial charge in [-0.25, -0.2) is 4.39 Å². The predicted octanol–water partition coefficient (Wildman–Crippen LogP) is 4.11. The van der Waals surface area contributed by atoms with Crippen LogP contribution in [0.15, 0.2) is 54.6 Å². The Morgan fingerprint density at radius 2 is 2.03 bits per heavy atom. The number of aromatic amines is 1. The maximum absolute atomic E-state index is 13.2. The first-order valence-electron chi connectivity index (χ1n) is 10.6. The lowest BCUT2D eigenvalue weighted by Crippen LogP contribution is -2.30.